The van der Waals surface area contributed by atoms with Crippen molar-refractivity contribution in [1.82, 2.24) is 15.5 Å². The van der Waals surface area contributed by atoms with Crippen molar-refractivity contribution in [2.75, 3.05) is 26.2 Å². The van der Waals surface area contributed by atoms with Gasteiger partial charge in [-0.1, -0.05) is 17.7 Å². The third-order valence-corrected chi connectivity index (χ3v) is 5.73. The number of hydrogen-bond acceptors (Lipinski definition) is 4. The molecule has 1 saturated heterocycles. The van der Waals surface area contributed by atoms with Crippen LogP contribution in [0.4, 0.5) is 4.39 Å². The third kappa shape index (κ3) is 6.76. The molecular weight excluding hydrogens is 445 g/mol. The highest BCUT2D eigenvalue weighted by Crippen LogP contribution is 2.31. The number of amides is 2. The highest BCUT2D eigenvalue weighted by molar-refractivity contribution is 6.31. The summed E-state index contributed by atoms with van der Waals surface area (Å²) in [5, 5.41) is 6.12. The second-order valence-corrected chi connectivity index (χ2v) is 9.73. The smallest absolute Gasteiger partial charge is 0.251 e. The zero-order chi connectivity index (χ0) is 24.2. The Morgan fingerprint density at radius 2 is 1.79 bits per heavy atom. The first-order valence-electron chi connectivity index (χ1n) is 11.1. The fourth-order valence-corrected chi connectivity index (χ4v) is 4.14. The number of carbonyl (C=O) groups is 2. The highest BCUT2D eigenvalue weighted by atomic mass is 35.5. The second kappa shape index (κ2) is 10.6. The number of nitrogens with zero attached hydrogens (tertiary/aromatic N) is 1. The quantitative estimate of drug-likeness (QED) is 0.657. The average Bonchev–Trinajstić information content (AvgIpc) is 2.74. The number of hydrogen-bond donors (Lipinski definition) is 2. The maximum Gasteiger partial charge on any atom is 0.251 e. The van der Waals surface area contributed by atoms with Crippen LogP contribution in [0.15, 0.2) is 42.5 Å². The maximum absolute atomic E-state index is 14.7. The molecule has 0 radical (unpaired) electrons. The summed E-state index contributed by atoms with van der Waals surface area (Å²) < 4.78 is 20.4. The van der Waals surface area contributed by atoms with E-state index in [2.05, 4.69) is 15.5 Å². The van der Waals surface area contributed by atoms with Gasteiger partial charge in [0.25, 0.3) is 11.8 Å². The van der Waals surface area contributed by atoms with E-state index >= 15 is 0 Å². The van der Waals surface area contributed by atoms with Crippen LogP contribution in [-0.4, -0.2) is 54.6 Å². The molecule has 2 N–H and O–H groups in total. The Morgan fingerprint density at radius 3 is 2.36 bits per heavy atom. The molecule has 1 fully saturated rings. The lowest BCUT2D eigenvalue weighted by Gasteiger charge is -2.38. The van der Waals surface area contributed by atoms with Crippen LogP contribution in [0.25, 0.3) is 0 Å². The summed E-state index contributed by atoms with van der Waals surface area (Å²) in [6, 6.07) is 10.6. The van der Waals surface area contributed by atoms with Crippen LogP contribution in [0.3, 0.4) is 0 Å². The molecule has 6 nitrogen and oxygen atoms in total. The fourth-order valence-electron chi connectivity index (χ4n) is 3.85. The van der Waals surface area contributed by atoms with Crippen LogP contribution < -0.4 is 10.6 Å². The van der Waals surface area contributed by atoms with Crippen molar-refractivity contribution < 1.29 is 18.7 Å². The van der Waals surface area contributed by atoms with Crippen molar-refractivity contribution in [3.8, 4) is 0 Å². The lowest BCUT2D eigenvalue weighted by Crippen LogP contribution is -2.47. The molecule has 8 heteroatoms. The van der Waals surface area contributed by atoms with Gasteiger partial charge in [0.15, 0.2) is 0 Å². The molecule has 0 bridgehead atoms. The predicted octanol–water partition coefficient (Wildman–Crippen LogP) is 4.20. The molecule has 2 aromatic carbocycles. The summed E-state index contributed by atoms with van der Waals surface area (Å²) in [5.74, 6) is -0.920. The van der Waals surface area contributed by atoms with Gasteiger partial charge in [-0.3, -0.25) is 14.5 Å². The normalized spacial score (nSPS) is 17.9. The van der Waals surface area contributed by atoms with Gasteiger partial charge in [-0.2, -0.15) is 0 Å². The molecule has 33 heavy (non-hydrogen) atoms. The minimum absolute atomic E-state index is 0.00529. The van der Waals surface area contributed by atoms with Crippen LogP contribution in [0, 0.1) is 5.82 Å². The van der Waals surface area contributed by atoms with Gasteiger partial charge in [-0.05, 0) is 64.1 Å². The topological polar surface area (TPSA) is 70.7 Å². The van der Waals surface area contributed by atoms with Gasteiger partial charge in [-0.25, -0.2) is 4.39 Å². The van der Waals surface area contributed by atoms with Gasteiger partial charge < -0.3 is 15.4 Å². The molecule has 2 aromatic rings. The molecule has 178 valence electrons. The molecule has 3 rings (SSSR count). The van der Waals surface area contributed by atoms with Crippen molar-refractivity contribution in [1.29, 1.82) is 0 Å². The second-order valence-electron chi connectivity index (χ2n) is 9.32. The van der Waals surface area contributed by atoms with E-state index in [-0.39, 0.29) is 30.0 Å². The number of nitrogens with one attached hydrogen (secondary N) is 2. The summed E-state index contributed by atoms with van der Waals surface area (Å²) in [4.78, 5) is 27.2. The van der Waals surface area contributed by atoms with E-state index in [1.54, 1.807) is 36.4 Å². The number of ether oxygens (including phenoxy) is 1. The maximum atomic E-state index is 14.7. The molecule has 2 amide bonds. The van der Waals surface area contributed by atoms with E-state index in [1.807, 2.05) is 27.7 Å². The number of carbonyl (C=O) groups excluding carboxylic acids is 2. The summed E-state index contributed by atoms with van der Waals surface area (Å²) in [6.45, 7) is 9.58. The number of halogens is 2. The Morgan fingerprint density at radius 1 is 1.15 bits per heavy atom. The van der Waals surface area contributed by atoms with Gasteiger partial charge in [0, 0.05) is 46.9 Å². The minimum atomic E-state index is -0.439. The zero-order valence-electron chi connectivity index (χ0n) is 19.5. The van der Waals surface area contributed by atoms with Crippen molar-refractivity contribution >= 4 is 23.4 Å². The average molecular weight is 476 g/mol. The molecule has 0 aromatic heterocycles. The van der Waals surface area contributed by atoms with Crippen LogP contribution >= 0.6 is 11.6 Å². The molecule has 0 saturated carbocycles. The summed E-state index contributed by atoms with van der Waals surface area (Å²) in [7, 11) is 0. The van der Waals surface area contributed by atoms with Gasteiger partial charge in [0.2, 0.25) is 0 Å². The Balaban J connectivity index is 1.74. The first-order chi connectivity index (χ1) is 15.5. The van der Waals surface area contributed by atoms with Crippen molar-refractivity contribution in [2.24, 2.45) is 0 Å². The van der Waals surface area contributed by atoms with E-state index in [9.17, 15) is 14.0 Å². The molecule has 0 spiro atoms. The van der Waals surface area contributed by atoms with Crippen molar-refractivity contribution in [3.05, 3.63) is 70.0 Å². The Bertz CT molecular complexity index is 971. The standard InChI is InChI=1S/C25H31ClFN3O3/c1-16-15-30(12-13-33-16)21(22-19(26)6-5-7-20(22)27)14-28-23(31)17-8-10-18(11-9-17)24(32)29-25(2,3)4/h5-11,16,21H,12-15H2,1-4H3,(H,28,31)(H,29,32). The van der Waals surface area contributed by atoms with Crippen LogP contribution in [0.1, 0.15) is 60.0 Å². The molecule has 1 aliphatic heterocycles. The summed E-state index contributed by atoms with van der Waals surface area (Å²) in [6.07, 6.45) is -0.00529. The molecule has 1 heterocycles. The minimum Gasteiger partial charge on any atom is -0.376 e. The van der Waals surface area contributed by atoms with Gasteiger partial charge in [0.1, 0.15) is 5.82 Å². The van der Waals surface area contributed by atoms with Gasteiger partial charge in [0.05, 0.1) is 18.8 Å². The predicted molar refractivity (Wildman–Crippen MR) is 127 cm³/mol. The molecule has 0 aliphatic carbocycles. The molecule has 2 unspecified atom stereocenters. The lowest BCUT2D eigenvalue weighted by atomic mass is 10.0. The molecule has 1 aliphatic rings. The monoisotopic (exact) mass is 475 g/mol. The zero-order valence-corrected chi connectivity index (χ0v) is 20.2. The van der Waals surface area contributed by atoms with E-state index < -0.39 is 11.9 Å². The fraction of sp³-hybridized carbons (Fsp3) is 0.440. The third-order valence-electron chi connectivity index (χ3n) is 5.40. The van der Waals surface area contributed by atoms with Crippen molar-refractivity contribution in [3.63, 3.8) is 0 Å². The van der Waals surface area contributed by atoms with E-state index in [0.29, 0.717) is 41.4 Å². The van der Waals surface area contributed by atoms with Crippen LogP contribution in [0.5, 0.6) is 0 Å². The molecular formula is C25H31ClFN3O3. The number of benzene rings is 2. The van der Waals surface area contributed by atoms with E-state index in [4.69, 9.17) is 16.3 Å². The van der Waals surface area contributed by atoms with Crippen molar-refractivity contribution in [2.45, 2.75) is 45.4 Å². The number of morpholine rings is 1. The largest absolute Gasteiger partial charge is 0.376 e. The number of rotatable bonds is 6. The van der Waals surface area contributed by atoms with Gasteiger partial charge in [-0.15, -0.1) is 0 Å². The Hall–Kier alpha value is -2.48. The Labute approximate surface area is 199 Å². The Kier molecular flexibility index (Phi) is 8.10. The molecule has 2 atom stereocenters. The first kappa shape index (κ1) is 25.1. The SMILES string of the molecule is CC1CN(C(CNC(=O)c2ccc(C(=O)NC(C)(C)C)cc2)c2c(F)cccc2Cl)CCO1. The van der Waals surface area contributed by atoms with Crippen LogP contribution in [-0.2, 0) is 4.74 Å². The van der Waals surface area contributed by atoms with Gasteiger partial charge >= 0.3 is 0 Å². The van der Waals surface area contributed by atoms with E-state index in [1.165, 1.54) is 6.07 Å². The lowest BCUT2D eigenvalue weighted by molar-refractivity contribution is -0.0346. The summed E-state index contributed by atoms with van der Waals surface area (Å²) >= 11 is 6.36. The summed E-state index contributed by atoms with van der Waals surface area (Å²) in [5.41, 5.74) is 0.895. The first-order valence-corrected chi connectivity index (χ1v) is 11.4. The highest BCUT2D eigenvalue weighted by Gasteiger charge is 2.29. The van der Waals surface area contributed by atoms with E-state index in [0.717, 1.165) is 0 Å². The van der Waals surface area contributed by atoms with Crippen LogP contribution in [0.2, 0.25) is 5.02 Å².